The number of benzene rings is 1. The van der Waals surface area contributed by atoms with Crippen LogP contribution in [0.3, 0.4) is 0 Å². The lowest BCUT2D eigenvalue weighted by Crippen LogP contribution is -2.34. The summed E-state index contributed by atoms with van der Waals surface area (Å²) in [5.74, 6) is 5.06. The van der Waals surface area contributed by atoms with Gasteiger partial charge in [0.2, 0.25) is 5.43 Å². The van der Waals surface area contributed by atoms with Crippen molar-refractivity contribution in [2.24, 2.45) is 5.84 Å². The van der Waals surface area contributed by atoms with Crippen molar-refractivity contribution < 1.29 is 9.53 Å². The molecule has 0 unspecified atom stereocenters. The smallest absolute Gasteiger partial charge is 0.270 e. The average Bonchev–Trinajstić information content (AvgIpc) is 2.46. The molecule has 0 saturated heterocycles. The molecule has 19 heavy (non-hydrogen) atoms. The fraction of sp³-hybridized carbons (Fsp3) is 0.231. The molecule has 0 spiro atoms. The Balaban J connectivity index is 2.84. The number of hydrogen-bond acceptors (Lipinski definition) is 4. The number of nitrogens with one attached hydrogen (secondary N) is 1. The number of rotatable bonds is 3. The van der Waals surface area contributed by atoms with Gasteiger partial charge in [0, 0.05) is 12.7 Å². The van der Waals surface area contributed by atoms with Crippen LogP contribution in [0.4, 0.5) is 0 Å². The van der Waals surface area contributed by atoms with Crippen molar-refractivity contribution in [1.82, 2.24) is 9.99 Å². The molecule has 1 aromatic heterocycles. The highest BCUT2D eigenvalue weighted by Crippen LogP contribution is 2.19. The summed E-state index contributed by atoms with van der Waals surface area (Å²) in [7, 11) is 1.52. The summed E-state index contributed by atoms with van der Waals surface area (Å²) in [6.45, 7) is 2.56. The van der Waals surface area contributed by atoms with Crippen molar-refractivity contribution in [2.75, 3.05) is 7.11 Å². The van der Waals surface area contributed by atoms with Crippen molar-refractivity contribution in [3.05, 3.63) is 40.2 Å². The molecule has 0 aliphatic heterocycles. The number of aryl methyl sites for hydroxylation is 1. The highest BCUT2D eigenvalue weighted by atomic mass is 16.5. The molecule has 0 fully saturated rings. The van der Waals surface area contributed by atoms with E-state index in [2.05, 4.69) is 0 Å². The van der Waals surface area contributed by atoms with Crippen LogP contribution in [0.2, 0.25) is 0 Å². The third-order valence-electron chi connectivity index (χ3n) is 3.00. The van der Waals surface area contributed by atoms with Crippen LogP contribution in [0.15, 0.2) is 29.2 Å². The van der Waals surface area contributed by atoms with Gasteiger partial charge in [-0.25, -0.2) is 5.84 Å². The van der Waals surface area contributed by atoms with Gasteiger partial charge in [0.1, 0.15) is 11.3 Å². The zero-order valence-electron chi connectivity index (χ0n) is 10.8. The van der Waals surface area contributed by atoms with Gasteiger partial charge in [-0.2, -0.15) is 0 Å². The van der Waals surface area contributed by atoms with E-state index in [0.29, 0.717) is 17.7 Å². The number of hydrogen-bond donors (Lipinski definition) is 2. The molecule has 0 aliphatic rings. The first kappa shape index (κ1) is 13.1. The Bertz CT molecular complexity index is 691. The van der Waals surface area contributed by atoms with Crippen molar-refractivity contribution in [3.8, 4) is 5.75 Å². The van der Waals surface area contributed by atoms with Crippen molar-refractivity contribution in [2.45, 2.75) is 13.5 Å². The maximum atomic E-state index is 12.3. The van der Waals surface area contributed by atoms with Crippen molar-refractivity contribution >= 4 is 16.8 Å². The number of carbonyl (C=O) groups excluding carboxylic acids is 1. The Morgan fingerprint density at radius 1 is 1.47 bits per heavy atom. The highest BCUT2D eigenvalue weighted by molar-refractivity contribution is 5.97. The first-order valence-electron chi connectivity index (χ1n) is 5.84. The quantitative estimate of drug-likeness (QED) is 0.482. The fourth-order valence-electron chi connectivity index (χ4n) is 2.00. The molecule has 0 radical (unpaired) electrons. The fourth-order valence-corrected chi connectivity index (χ4v) is 2.00. The molecular formula is C13H15N3O3. The molecule has 3 N–H and O–H groups in total. The number of pyridine rings is 1. The van der Waals surface area contributed by atoms with Crippen LogP contribution in [-0.4, -0.2) is 17.6 Å². The lowest BCUT2D eigenvalue weighted by Gasteiger charge is -2.11. The predicted octanol–water partition coefficient (Wildman–Crippen LogP) is 0.634. The largest absolute Gasteiger partial charge is 0.497 e. The Kier molecular flexibility index (Phi) is 3.52. The van der Waals surface area contributed by atoms with Crippen LogP contribution in [0.5, 0.6) is 5.75 Å². The molecule has 1 heterocycles. The van der Waals surface area contributed by atoms with E-state index in [1.165, 1.54) is 13.3 Å². The first-order valence-corrected chi connectivity index (χ1v) is 5.84. The predicted molar refractivity (Wildman–Crippen MR) is 72.1 cm³/mol. The molecule has 0 saturated carbocycles. The van der Waals surface area contributed by atoms with E-state index in [9.17, 15) is 9.59 Å². The van der Waals surface area contributed by atoms with Gasteiger partial charge in [0.25, 0.3) is 5.91 Å². The summed E-state index contributed by atoms with van der Waals surface area (Å²) < 4.78 is 6.92. The Hall–Kier alpha value is -2.34. The minimum Gasteiger partial charge on any atom is -0.497 e. The van der Waals surface area contributed by atoms with E-state index in [0.717, 1.165) is 5.52 Å². The molecule has 6 nitrogen and oxygen atoms in total. The van der Waals surface area contributed by atoms with Crippen LogP contribution >= 0.6 is 0 Å². The zero-order valence-corrected chi connectivity index (χ0v) is 10.8. The molecule has 1 aromatic carbocycles. The lowest BCUT2D eigenvalue weighted by molar-refractivity contribution is 0.0952. The van der Waals surface area contributed by atoms with E-state index >= 15 is 0 Å². The number of hydrazine groups is 1. The maximum Gasteiger partial charge on any atom is 0.270 e. The van der Waals surface area contributed by atoms with E-state index in [-0.39, 0.29) is 11.0 Å². The van der Waals surface area contributed by atoms with Gasteiger partial charge in [-0.05, 0) is 25.1 Å². The standard InChI is InChI=1S/C13H15N3O3/c1-3-16-7-10(13(18)15-14)12(17)9-6-8(19-2)4-5-11(9)16/h4-7H,3,14H2,1-2H3,(H,15,18). The third kappa shape index (κ3) is 2.17. The third-order valence-corrected chi connectivity index (χ3v) is 3.00. The second-order valence-electron chi connectivity index (χ2n) is 4.01. The van der Waals surface area contributed by atoms with Gasteiger partial charge >= 0.3 is 0 Å². The number of amides is 1. The Morgan fingerprint density at radius 2 is 2.21 bits per heavy atom. The molecule has 1 amide bonds. The summed E-state index contributed by atoms with van der Waals surface area (Å²) in [4.78, 5) is 23.9. The average molecular weight is 261 g/mol. The number of aromatic nitrogens is 1. The Labute approximate surface area is 109 Å². The normalized spacial score (nSPS) is 10.5. The molecule has 0 aliphatic carbocycles. The van der Waals surface area contributed by atoms with Gasteiger partial charge in [-0.15, -0.1) is 0 Å². The molecule has 6 heteroatoms. The number of nitrogens with zero attached hydrogens (tertiary/aromatic N) is 1. The molecule has 2 rings (SSSR count). The summed E-state index contributed by atoms with van der Waals surface area (Å²) in [5, 5.41) is 0.433. The number of ether oxygens (including phenoxy) is 1. The Morgan fingerprint density at radius 3 is 2.79 bits per heavy atom. The maximum absolute atomic E-state index is 12.3. The minimum absolute atomic E-state index is 0.0186. The number of carbonyl (C=O) groups is 1. The van der Waals surface area contributed by atoms with Gasteiger partial charge in [0.05, 0.1) is 18.0 Å². The van der Waals surface area contributed by atoms with Gasteiger partial charge < -0.3 is 9.30 Å². The van der Waals surface area contributed by atoms with Gasteiger partial charge in [-0.3, -0.25) is 15.0 Å². The zero-order chi connectivity index (χ0) is 14.0. The first-order chi connectivity index (χ1) is 9.12. The van der Waals surface area contributed by atoms with E-state index in [1.807, 2.05) is 16.9 Å². The second kappa shape index (κ2) is 5.11. The van der Waals surface area contributed by atoms with Crippen molar-refractivity contribution in [1.29, 1.82) is 0 Å². The molecule has 0 bridgehead atoms. The topological polar surface area (TPSA) is 86.4 Å². The number of methoxy groups -OCH3 is 1. The number of nitrogen functional groups attached to an aromatic ring is 1. The number of nitrogens with two attached hydrogens (primary N) is 1. The highest BCUT2D eigenvalue weighted by Gasteiger charge is 2.14. The monoisotopic (exact) mass is 261 g/mol. The molecule has 0 atom stereocenters. The van der Waals surface area contributed by atoms with E-state index in [4.69, 9.17) is 10.6 Å². The van der Waals surface area contributed by atoms with Crippen LogP contribution in [0, 0.1) is 0 Å². The van der Waals surface area contributed by atoms with Crippen molar-refractivity contribution in [3.63, 3.8) is 0 Å². The number of fused-ring (bicyclic) bond motifs is 1. The summed E-state index contributed by atoms with van der Waals surface area (Å²) in [5.41, 5.74) is 2.39. The van der Waals surface area contributed by atoms with Crippen LogP contribution in [0.25, 0.3) is 10.9 Å². The SMILES string of the molecule is CCn1cc(C(=O)NN)c(=O)c2cc(OC)ccc21. The second-order valence-corrected chi connectivity index (χ2v) is 4.01. The van der Waals surface area contributed by atoms with Gasteiger partial charge in [-0.1, -0.05) is 0 Å². The summed E-state index contributed by atoms with van der Waals surface area (Å²) in [6, 6.07) is 5.19. The van der Waals surface area contributed by atoms with Crippen LogP contribution in [-0.2, 0) is 6.54 Å². The molecule has 2 aromatic rings. The van der Waals surface area contributed by atoms with E-state index < -0.39 is 5.91 Å². The van der Waals surface area contributed by atoms with E-state index in [1.54, 1.807) is 18.2 Å². The minimum atomic E-state index is -0.600. The summed E-state index contributed by atoms with van der Waals surface area (Å²) >= 11 is 0. The summed E-state index contributed by atoms with van der Waals surface area (Å²) in [6.07, 6.45) is 1.51. The van der Waals surface area contributed by atoms with Crippen LogP contribution in [0.1, 0.15) is 17.3 Å². The molecular weight excluding hydrogens is 246 g/mol. The van der Waals surface area contributed by atoms with Crippen LogP contribution < -0.4 is 21.4 Å². The van der Waals surface area contributed by atoms with Gasteiger partial charge in [0.15, 0.2) is 0 Å². The molecule has 100 valence electrons. The lowest BCUT2D eigenvalue weighted by atomic mass is 10.1.